The van der Waals surface area contributed by atoms with Gasteiger partial charge in [0.1, 0.15) is 19.3 Å². The van der Waals surface area contributed by atoms with Gasteiger partial charge in [-0.15, -0.1) is 0 Å². The first-order valence-electron chi connectivity index (χ1n) is 43.3. The highest BCUT2D eigenvalue weighted by Crippen LogP contribution is 2.45. The maximum absolute atomic E-state index is 13.1. The summed E-state index contributed by atoms with van der Waals surface area (Å²) in [6, 6.07) is 0. The molecule has 0 aliphatic carbocycles. The smallest absolute Gasteiger partial charge is 0.462 e. The summed E-state index contributed by atoms with van der Waals surface area (Å²) < 4.78 is 68.8. The van der Waals surface area contributed by atoms with E-state index >= 15 is 0 Å². The third-order valence-corrected chi connectivity index (χ3v) is 21.5. The maximum Gasteiger partial charge on any atom is 0.472 e. The molecular formula is C83H162O17P2. The van der Waals surface area contributed by atoms with E-state index in [4.69, 9.17) is 37.0 Å². The third kappa shape index (κ3) is 76.3. The number of esters is 4. The first-order chi connectivity index (χ1) is 49.7. The molecule has 3 N–H and O–H groups in total. The molecule has 0 amide bonds. The van der Waals surface area contributed by atoms with E-state index in [0.717, 1.165) is 89.9 Å². The number of unbranched alkanes of at least 4 members (excludes halogenated alkanes) is 58. The number of carbonyl (C=O) groups is 4. The second-order valence-electron chi connectivity index (χ2n) is 29.9. The molecule has 2 unspecified atom stereocenters. The van der Waals surface area contributed by atoms with Crippen molar-refractivity contribution in [2.45, 2.75) is 470 Å². The Labute approximate surface area is 626 Å². The number of rotatable bonds is 84. The average molecular weight is 1490 g/mol. The van der Waals surface area contributed by atoms with Crippen molar-refractivity contribution >= 4 is 39.5 Å². The van der Waals surface area contributed by atoms with Crippen molar-refractivity contribution in [2.24, 2.45) is 0 Å². The van der Waals surface area contributed by atoms with Gasteiger partial charge in [0.15, 0.2) is 12.2 Å². The fourth-order valence-corrected chi connectivity index (χ4v) is 14.6. The minimum absolute atomic E-state index is 0.109. The summed E-state index contributed by atoms with van der Waals surface area (Å²) >= 11 is 0. The number of carbonyl (C=O) groups excluding carboxylic acids is 4. The summed E-state index contributed by atoms with van der Waals surface area (Å²) in [6.07, 6.45) is 70.8. The molecule has 0 aliphatic rings. The summed E-state index contributed by atoms with van der Waals surface area (Å²) in [7, 11) is -9.92. The lowest BCUT2D eigenvalue weighted by atomic mass is 10.0. The zero-order chi connectivity index (χ0) is 74.6. The number of phosphoric acid groups is 2. The van der Waals surface area contributed by atoms with Crippen molar-refractivity contribution in [1.82, 2.24) is 0 Å². The topological polar surface area (TPSA) is 237 Å². The Morgan fingerprint density at radius 3 is 0.578 bits per heavy atom. The molecule has 0 aliphatic heterocycles. The summed E-state index contributed by atoms with van der Waals surface area (Å²) in [6.45, 7) is 5.03. The van der Waals surface area contributed by atoms with Crippen LogP contribution < -0.4 is 0 Å². The van der Waals surface area contributed by atoms with E-state index in [9.17, 15) is 43.2 Å². The summed E-state index contributed by atoms with van der Waals surface area (Å²) in [5.41, 5.74) is 0. The minimum atomic E-state index is -4.96. The molecule has 0 aromatic heterocycles. The highest BCUT2D eigenvalue weighted by molar-refractivity contribution is 7.47. The minimum Gasteiger partial charge on any atom is -0.462 e. The highest BCUT2D eigenvalue weighted by Gasteiger charge is 2.30. The van der Waals surface area contributed by atoms with E-state index in [1.165, 1.54) is 283 Å². The standard InChI is InChI=1S/C83H162O17P2/c1-5-9-13-17-21-25-28-31-34-36-38-40-43-45-48-52-56-60-64-68-81(86)94-74-79(100-83(88)70-66-62-58-54-50-47-44-41-39-37-35-32-29-26-22-18-14-10-6-2)76-98-102(91,92)96-72-77(84)71-95-101(89,90)97-75-78(73-93-80(85)67-63-59-55-51-24-20-16-12-8-4)99-82(87)69-65-61-57-53-49-46-42-33-30-27-23-19-15-11-7-3/h77-79,84H,5-76H2,1-4H3,(H,89,90)(H,91,92)/t77-,78+,79+/m0/s1. The summed E-state index contributed by atoms with van der Waals surface area (Å²) in [4.78, 5) is 73.1. The van der Waals surface area contributed by atoms with Crippen molar-refractivity contribution in [1.29, 1.82) is 0 Å². The van der Waals surface area contributed by atoms with Crippen LogP contribution in [0.2, 0.25) is 0 Å². The number of hydrogen-bond acceptors (Lipinski definition) is 15. The van der Waals surface area contributed by atoms with Gasteiger partial charge in [-0.3, -0.25) is 37.3 Å². The van der Waals surface area contributed by atoms with Gasteiger partial charge in [0.2, 0.25) is 0 Å². The normalized spacial score (nSPS) is 13.8. The molecule has 17 nitrogen and oxygen atoms in total. The molecule has 0 aromatic carbocycles. The fraction of sp³-hybridized carbons (Fsp3) is 0.952. The highest BCUT2D eigenvalue weighted by atomic mass is 31.2. The van der Waals surface area contributed by atoms with Gasteiger partial charge in [0.05, 0.1) is 26.4 Å². The molecule has 0 heterocycles. The zero-order valence-electron chi connectivity index (χ0n) is 66.6. The van der Waals surface area contributed by atoms with Crippen LogP contribution in [0.15, 0.2) is 0 Å². The quantitative estimate of drug-likeness (QED) is 0.0222. The van der Waals surface area contributed by atoms with Gasteiger partial charge in [-0.2, -0.15) is 0 Å². The van der Waals surface area contributed by atoms with Crippen molar-refractivity contribution in [3.8, 4) is 0 Å². The van der Waals surface area contributed by atoms with Gasteiger partial charge in [-0.1, -0.05) is 400 Å². The number of phosphoric ester groups is 2. The second-order valence-corrected chi connectivity index (χ2v) is 32.8. The molecular weight excluding hydrogens is 1330 g/mol. The first-order valence-corrected chi connectivity index (χ1v) is 46.3. The molecule has 0 saturated carbocycles. The molecule has 0 fully saturated rings. The predicted octanol–water partition coefficient (Wildman–Crippen LogP) is 25.4. The van der Waals surface area contributed by atoms with Crippen LogP contribution in [-0.2, 0) is 65.4 Å². The van der Waals surface area contributed by atoms with Crippen LogP contribution >= 0.6 is 15.6 Å². The zero-order valence-corrected chi connectivity index (χ0v) is 68.4. The van der Waals surface area contributed by atoms with Crippen LogP contribution in [0.5, 0.6) is 0 Å². The molecule has 0 saturated heterocycles. The van der Waals surface area contributed by atoms with Gasteiger partial charge in [0, 0.05) is 25.7 Å². The lowest BCUT2D eigenvalue weighted by molar-refractivity contribution is -0.161. The molecule has 102 heavy (non-hydrogen) atoms. The molecule has 0 radical (unpaired) electrons. The number of hydrogen-bond donors (Lipinski definition) is 3. The Balaban J connectivity index is 5.21. The van der Waals surface area contributed by atoms with Crippen LogP contribution in [0.3, 0.4) is 0 Å². The molecule has 606 valence electrons. The Bertz CT molecular complexity index is 1930. The van der Waals surface area contributed by atoms with Crippen LogP contribution in [-0.4, -0.2) is 96.7 Å². The number of aliphatic hydroxyl groups is 1. The number of aliphatic hydroxyl groups excluding tert-OH is 1. The summed E-state index contributed by atoms with van der Waals surface area (Å²) in [5.74, 6) is -2.10. The van der Waals surface area contributed by atoms with E-state index in [0.29, 0.717) is 25.7 Å². The van der Waals surface area contributed by atoms with Gasteiger partial charge in [0.25, 0.3) is 0 Å². The average Bonchev–Trinajstić information content (AvgIpc) is 0.918. The Morgan fingerprint density at radius 2 is 0.392 bits per heavy atom. The van der Waals surface area contributed by atoms with E-state index in [-0.39, 0.29) is 25.7 Å². The van der Waals surface area contributed by atoms with E-state index in [1.54, 1.807) is 0 Å². The van der Waals surface area contributed by atoms with Gasteiger partial charge >= 0.3 is 39.5 Å². The molecule has 0 aromatic rings. The predicted molar refractivity (Wildman–Crippen MR) is 419 cm³/mol. The van der Waals surface area contributed by atoms with Gasteiger partial charge in [-0.05, 0) is 25.7 Å². The van der Waals surface area contributed by atoms with Crippen molar-refractivity contribution < 1.29 is 80.2 Å². The lowest BCUT2D eigenvalue weighted by Crippen LogP contribution is -2.30. The second kappa shape index (κ2) is 77.2. The van der Waals surface area contributed by atoms with E-state index < -0.39 is 97.5 Å². The van der Waals surface area contributed by atoms with Crippen molar-refractivity contribution in [2.75, 3.05) is 39.6 Å². The molecule has 19 heteroatoms. The Hall–Kier alpha value is -1.94. The van der Waals surface area contributed by atoms with Crippen molar-refractivity contribution in [3.05, 3.63) is 0 Å². The van der Waals surface area contributed by atoms with Gasteiger partial charge < -0.3 is 33.8 Å². The fourth-order valence-electron chi connectivity index (χ4n) is 13.0. The largest absolute Gasteiger partial charge is 0.472 e. The van der Waals surface area contributed by atoms with Crippen LogP contribution in [0, 0.1) is 0 Å². The first kappa shape index (κ1) is 100. The van der Waals surface area contributed by atoms with Crippen LogP contribution in [0.25, 0.3) is 0 Å². The van der Waals surface area contributed by atoms with E-state index in [1.807, 2.05) is 0 Å². The van der Waals surface area contributed by atoms with Crippen LogP contribution in [0.4, 0.5) is 0 Å². The summed E-state index contributed by atoms with van der Waals surface area (Å²) in [5, 5.41) is 10.6. The maximum atomic E-state index is 13.1. The molecule has 0 bridgehead atoms. The van der Waals surface area contributed by atoms with Crippen LogP contribution in [0.1, 0.15) is 451 Å². The molecule has 0 spiro atoms. The van der Waals surface area contributed by atoms with Gasteiger partial charge in [-0.25, -0.2) is 9.13 Å². The Morgan fingerprint density at radius 1 is 0.235 bits per heavy atom. The van der Waals surface area contributed by atoms with E-state index in [2.05, 4.69) is 27.7 Å². The molecule has 5 atom stereocenters. The lowest BCUT2D eigenvalue weighted by Gasteiger charge is -2.21. The Kier molecular flexibility index (Phi) is 75.8. The third-order valence-electron chi connectivity index (χ3n) is 19.6. The monoisotopic (exact) mass is 1490 g/mol. The molecule has 0 rings (SSSR count). The SMILES string of the molecule is CCCCCCCCCCCCCCCCCCCCCC(=O)OC[C@H](COP(=O)(O)OC[C@@H](O)COP(=O)(O)OC[C@@H](COC(=O)CCCCCCCCCCC)OC(=O)CCCCCCCCCCCCCCCCC)OC(=O)CCCCCCCCCCCCCCCCCCCCC. The number of ether oxygens (including phenoxy) is 4. The van der Waals surface area contributed by atoms with Crippen molar-refractivity contribution in [3.63, 3.8) is 0 Å².